The van der Waals surface area contributed by atoms with E-state index in [1.54, 1.807) is 0 Å². The molecule has 1 saturated heterocycles. The Hall–Kier alpha value is 1.13. The maximum absolute atomic E-state index is 10.8. The van der Waals surface area contributed by atoms with Crippen LogP contribution < -0.4 is 0 Å². The average Bonchev–Trinajstić information content (AvgIpc) is 2.64. The van der Waals surface area contributed by atoms with Crippen molar-refractivity contribution < 1.29 is 61.1 Å². The van der Waals surface area contributed by atoms with Gasteiger partial charge in [-0.3, -0.25) is 9.05 Å². The van der Waals surface area contributed by atoms with Gasteiger partial charge in [0.2, 0.25) is 0 Å². The summed E-state index contributed by atoms with van der Waals surface area (Å²) in [4.78, 5) is 8.83. The van der Waals surface area contributed by atoms with Gasteiger partial charge in [0, 0.05) is 39.8 Å². The third-order valence-electron chi connectivity index (χ3n) is 1.67. The quantitative estimate of drug-likeness (QED) is 0.593. The van der Waals surface area contributed by atoms with Crippen LogP contribution in [0.1, 0.15) is 20.3 Å². The Balaban J connectivity index is 0. The molecule has 1 rings (SSSR count). The topological polar surface area (TPSA) is 85.2 Å². The molecule has 0 aromatic heterocycles. The maximum atomic E-state index is 10.8. The summed E-state index contributed by atoms with van der Waals surface area (Å²) < 4.78 is 24.4. The van der Waals surface area contributed by atoms with Gasteiger partial charge in [-0.15, -0.1) is 6.42 Å². The van der Waals surface area contributed by atoms with E-state index in [1.165, 1.54) is 6.61 Å². The molecule has 16 heavy (non-hydrogen) atoms. The van der Waals surface area contributed by atoms with Crippen LogP contribution in [0.25, 0.3) is 0 Å². The number of rotatable bonds is 4. The van der Waals surface area contributed by atoms with Gasteiger partial charge in [0.25, 0.3) is 0 Å². The van der Waals surface area contributed by atoms with Crippen LogP contribution in [0, 0.1) is 6.61 Å². The zero-order chi connectivity index (χ0) is 11.9. The molecule has 1 aliphatic rings. The molecule has 3 unspecified atom stereocenters. The first-order valence-corrected chi connectivity index (χ1v) is 6.23. The molecule has 1 aliphatic heterocycles. The minimum Gasteiger partial charge on any atom is -0.546 e. The average molecular weight is 330 g/mol. The Kier molecular flexibility index (Phi) is 12.3. The first-order chi connectivity index (χ1) is 7.05. The Morgan fingerprint density at radius 3 is 2.50 bits per heavy atom. The molecule has 0 amide bonds. The molecule has 1 radical (unpaired) electrons. The fourth-order valence-corrected chi connectivity index (χ4v) is 1.33. The van der Waals surface area contributed by atoms with Gasteiger partial charge < -0.3 is 14.7 Å². The van der Waals surface area contributed by atoms with E-state index in [0.717, 1.165) is 7.11 Å². The van der Waals surface area contributed by atoms with E-state index in [-0.39, 0.29) is 39.3 Å². The summed E-state index contributed by atoms with van der Waals surface area (Å²) in [5.41, 5.74) is 0. The van der Waals surface area contributed by atoms with Gasteiger partial charge in [-0.2, -0.15) is 0 Å². The molecular weight excluding hydrogens is 312 g/mol. The molecule has 0 bridgehead atoms. The van der Waals surface area contributed by atoms with E-state index in [2.05, 4.69) is 9.05 Å². The van der Waals surface area contributed by atoms with Crippen molar-refractivity contribution in [1.29, 1.82) is 0 Å². The molecule has 0 aromatic carbocycles. The van der Waals surface area contributed by atoms with Crippen molar-refractivity contribution in [2.45, 2.75) is 32.5 Å². The molecule has 2 N–H and O–H groups in total. The van der Waals surface area contributed by atoms with E-state index in [1.807, 2.05) is 13.8 Å². The summed E-state index contributed by atoms with van der Waals surface area (Å²) in [7, 11) is -2.89. The summed E-state index contributed by atoms with van der Waals surface area (Å²) >= 11 is 0. The normalized spacial score (nSPS) is 27.3. The van der Waals surface area contributed by atoms with Crippen LogP contribution >= 0.6 is 7.82 Å². The number of phosphoric acid groups is 1. The second kappa shape index (κ2) is 10.1. The monoisotopic (exact) mass is 330 g/mol. The first-order valence-electron chi connectivity index (χ1n) is 4.73. The molecule has 1 fully saturated rings. The number of phosphoric ester groups is 1. The van der Waals surface area contributed by atoms with Crippen molar-refractivity contribution in [2.75, 3.05) is 13.7 Å². The van der Waals surface area contributed by atoms with E-state index in [4.69, 9.17) is 9.63 Å². The number of aliphatic hydroxyl groups is 1. The molecule has 8 heteroatoms. The van der Waals surface area contributed by atoms with Crippen molar-refractivity contribution >= 4 is 7.82 Å². The molecule has 95 valence electrons. The first kappa shape index (κ1) is 19.5. The van der Waals surface area contributed by atoms with Gasteiger partial charge in [-0.1, -0.05) is 13.8 Å². The maximum Gasteiger partial charge on any atom is 0.471 e. The second-order valence-electron chi connectivity index (χ2n) is 2.59. The number of aliphatic hydroxyl groups excluding tert-OH is 1. The molecule has 0 saturated carbocycles. The number of hydrogen-bond acceptors (Lipinski definition) is 5. The SMILES string of the molecule is CC.COP(=O)(O)OCC1O[CH-]CC1O.[Y]. The fourth-order valence-electron chi connectivity index (χ4n) is 0.891. The van der Waals surface area contributed by atoms with Gasteiger partial charge in [0.1, 0.15) is 0 Å². The van der Waals surface area contributed by atoms with Crippen LogP contribution in [0.5, 0.6) is 0 Å². The molecular formula is C8H18O6PY-. The van der Waals surface area contributed by atoms with Crippen molar-refractivity contribution in [3.63, 3.8) is 0 Å². The summed E-state index contributed by atoms with van der Waals surface area (Å²) in [6, 6.07) is 0. The molecule has 0 aromatic rings. The molecule has 0 aliphatic carbocycles. The van der Waals surface area contributed by atoms with E-state index < -0.39 is 20.0 Å². The van der Waals surface area contributed by atoms with Gasteiger partial charge >= 0.3 is 7.82 Å². The Morgan fingerprint density at radius 2 is 2.12 bits per heavy atom. The second-order valence-corrected chi connectivity index (χ2v) is 4.15. The predicted octanol–water partition coefficient (Wildman–Crippen LogP) is 1.09. The molecule has 6 nitrogen and oxygen atoms in total. The standard InChI is InChI=1S/C6H12O6P.C2H6.Y/c1-10-13(8,9)12-4-6-5(7)2-3-11-6;1-2;/h3,5-7H,2,4H2,1H3,(H,8,9);1-2H3;/q-1;;. The third-order valence-corrected chi connectivity index (χ3v) is 2.61. The Bertz CT molecular complexity index is 215. The van der Waals surface area contributed by atoms with Crippen LogP contribution in [0.4, 0.5) is 0 Å². The van der Waals surface area contributed by atoms with E-state index >= 15 is 0 Å². The van der Waals surface area contributed by atoms with Crippen LogP contribution in [-0.2, 0) is 51.1 Å². The minimum absolute atomic E-state index is 0. The molecule has 1 heterocycles. The van der Waals surface area contributed by atoms with Gasteiger partial charge in [0.15, 0.2) is 0 Å². The van der Waals surface area contributed by atoms with E-state index in [0.29, 0.717) is 6.42 Å². The molecule has 0 spiro atoms. The molecule has 3 atom stereocenters. The summed E-state index contributed by atoms with van der Waals surface area (Å²) in [6.45, 7) is 5.27. The van der Waals surface area contributed by atoms with Gasteiger partial charge in [-0.05, 0) is 0 Å². The van der Waals surface area contributed by atoms with E-state index in [9.17, 15) is 9.67 Å². The Morgan fingerprint density at radius 1 is 1.56 bits per heavy atom. The van der Waals surface area contributed by atoms with Crippen molar-refractivity contribution in [3.05, 3.63) is 6.61 Å². The van der Waals surface area contributed by atoms with Crippen LogP contribution in [0.15, 0.2) is 0 Å². The van der Waals surface area contributed by atoms with Gasteiger partial charge in [0.05, 0.1) is 18.8 Å². The number of hydrogen-bond donors (Lipinski definition) is 2. The predicted molar refractivity (Wildman–Crippen MR) is 53.9 cm³/mol. The van der Waals surface area contributed by atoms with Crippen LogP contribution in [0.2, 0.25) is 0 Å². The van der Waals surface area contributed by atoms with Crippen LogP contribution in [0.3, 0.4) is 0 Å². The summed E-state index contributed by atoms with van der Waals surface area (Å²) in [5, 5.41) is 9.21. The zero-order valence-corrected chi connectivity index (χ0v) is 13.4. The summed E-state index contributed by atoms with van der Waals surface area (Å²) in [5.74, 6) is 0. The Labute approximate surface area is 121 Å². The zero-order valence-electron chi connectivity index (χ0n) is 9.70. The van der Waals surface area contributed by atoms with Gasteiger partial charge in [-0.25, -0.2) is 11.2 Å². The minimum atomic E-state index is -3.96. The smallest absolute Gasteiger partial charge is 0.471 e. The fraction of sp³-hybridized carbons (Fsp3) is 0.875. The van der Waals surface area contributed by atoms with Crippen molar-refractivity contribution in [1.82, 2.24) is 0 Å². The largest absolute Gasteiger partial charge is 0.546 e. The van der Waals surface area contributed by atoms with Crippen molar-refractivity contribution in [2.24, 2.45) is 0 Å². The van der Waals surface area contributed by atoms with Crippen LogP contribution in [-0.4, -0.2) is 35.9 Å². The third kappa shape index (κ3) is 7.46. The summed E-state index contributed by atoms with van der Waals surface area (Å²) in [6.07, 6.45) is -0.871. The number of ether oxygens (including phenoxy) is 1. The van der Waals surface area contributed by atoms with Crippen molar-refractivity contribution in [3.8, 4) is 0 Å².